The van der Waals surface area contributed by atoms with Crippen molar-refractivity contribution in [1.29, 1.82) is 5.26 Å². The number of nitriles is 1. The van der Waals surface area contributed by atoms with Gasteiger partial charge in [-0.1, -0.05) is 19.4 Å². The van der Waals surface area contributed by atoms with Crippen LogP contribution in [0.1, 0.15) is 42.4 Å². The number of nitrogens with zero attached hydrogens (tertiary/aromatic N) is 5. The zero-order chi connectivity index (χ0) is 20.4. The van der Waals surface area contributed by atoms with E-state index in [2.05, 4.69) is 57.5 Å². The molecule has 3 heterocycles. The van der Waals surface area contributed by atoms with Gasteiger partial charge in [-0.25, -0.2) is 9.97 Å². The second-order valence-corrected chi connectivity index (χ2v) is 8.03. The first-order valence-electron chi connectivity index (χ1n) is 9.79. The summed E-state index contributed by atoms with van der Waals surface area (Å²) in [6.45, 7) is 4.99. The molecular formula is C23H22BrN5. The van der Waals surface area contributed by atoms with Gasteiger partial charge in [-0.2, -0.15) is 5.26 Å². The number of hydrogen-bond donors (Lipinski definition) is 0. The summed E-state index contributed by atoms with van der Waals surface area (Å²) in [4.78, 5) is 9.52. The molecule has 0 aliphatic carbocycles. The number of aryl methyl sites for hydroxylation is 2. The van der Waals surface area contributed by atoms with Gasteiger partial charge in [0, 0.05) is 23.3 Å². The monoisotopic (exact) mass is 447 g/mol. The lowest BCUT2D eigenvalue weighted by Gasteiger charge is -2.12. The van der Waals surface area contributed by atoms with E-state index < -0.39 is 0 Å². The van der Waals surface area contributed by atoms with Gasteiger partial charge in [0.25, 0.3) is 0 Å². The standard InChI is InChI=1S/C23H22BrN5/c1-3-4-7-21-27-22-16(2)10-11-26-23(22)29(21)15-17-8-9-20(19(24)13-17)28-12-5-6-18(28)14-25/h5-6,8-13H,3-4,7,15H2,1-2H3. The number of fused-ring (bicyclic) bond motifs is 1. The Labute approximate surface area is 178 Å². The predicted molar refractivity (Wildman–Crippen MR) is 118 cm³/mol. The molecule has 0 radical (unpaired) electrons. The molecule has 4 rings (SSSR count). The molecule has 0 unspecified atom stereocenters. The van der Waals surface area contributed by atoms with E-state index >= 15 is 0 Å². The Balaban J connectivity index is 1.72. The number of rotatable bonds is 6. The number of unbranched alkanes of at least 4 members (excludes halogenated alkanes) is 1. The van der Waals surface area contributed by atoms with Crippen LogP contribution in [-0.2, 0) is 13.0 Å². The van der Waals surface area contributed by atoms with Crippen LogP contribution in [0.15, 0.2) is 53.3 Å². The minimum absolute atomic E-state index is 0.612. The minimum Gasteiger partial charge on any atom is -0.308 e. The van der Waals surface area contributed by atoms with Gasteiger partial charge in [-0.15, -0.1) is 0 Å². The van der Waals surface area contributed by atoms with E-state index in [1.807, 2.05) is 41.2 Å². The number of benzene rings is 1. The van der Waals surface area contributed by atoms with Gasteiger partial charge in [0.05, 0.1) is 12.2 Å². The van der Waals surface area contributed by atoms with Crippen LogP contribution in [0.25, 0.3) is 16.9 Å². The molecule has 6 heteroatoms. The number of hydrogen-bond acceptors (Lipinski definition) is 3. The molecule has 0 saturated heterocycles. The molecule has 0 N–H and O–H groups in total. The predicted octanol–water partition coefficient (Wildman–Crippen LogP) is 5.56. The molecule has 0 saturated carbocycles. The van der Waals surface area contributed by atoms with Crippen LogP contribution < -0.4 is 0 Å². The van der Waals surface area contributed by atoms with Crippen molar-refractivity contribution in [3.63, 3.8) is 0 Å². The summed E-state index contributed by atoms with van der Waals surface area (Å²) in [6, 6.07) is 14.2. The molecule has 0 fully saturated rings. The van der Waals surface area contributed by atoms with Crippen molar-refractivity contribution in [2.75, 3.05) is 0 Å². The third-order valence-corrected chi connectivity index (χ3v) is 5.78. The summed E-state index contributed by atoms with van der Waals surface area (Å²) in [5.41, 5.74) is 5.80. The molecular weight excluding hydrogens is 426 g/mol. The fraction of sp³-hybridized carbons (Fsp3) is 0.261. The molecule has 4 aromatic rings. The first-order chi connectivity index (χ1) is 14.1. The van der Waals surface area contributed by atoms with E-state index in [0.29, 0.717) is 12.2 Å². The maximum absolute atomic E-state index is 9.31. The van der Waals surface area contributed by atoms with E-state index in [1.165, 1.54) is 0 Å². The first kappa shape index (κ1) is 19.4. The van der Waals surface area contributed by atoms with Crippen LogP contribution in [-0.4, -0.2) is 19.1 Å². The fourth-order valence-corrected chi connectivity index (χ4v) is 4.20. The van der Waals surface area contributed by atoms with Crippen molar-refractivity contribution in [2.24, 2.45) is 0 Å². The van der Waals surface area contributed by atoms with Crippen molar-refractivity contribution in [2.45, 2.75) is 39.7 Å². The van der Waals surface area contributed by atoms with Crippen LogP contribution >= 0.6 is 15.9 Å². The highest BCUT2D eigenvalue weighted by Gasteiger charge is 2.14. The smallest absolute Gasteiger partial charge is 0.160 e. The van der Waals surface area contributed by atoms with Crippen LogP contribution in [0.4, 0.5) is 0 Å². The molecule has 0 amide bonds. The summed E-state index contributed by atoms with van der Waals surface area (Å²) >= 11 is 3.69. The van der Waals surface area contributed by atoms with Crippen molar-refractivity contribution in [3.8, 4) is 11.8 Å². The minimum atomic E-state index is 0.612. The highest BCUT2D eigenvalue weighted by molar-refractivity contribution is 9.10. The molecule has 146 valence electrons. The van der Waals surface area contributed by atoms with Crippen LogP contribution in [0.3, 0.4) is 0 Å². The largest absolute Gasteiger partial charge is 0.308 e. The summed E-state index contributed by atoms with van der Waals surface area (Å²) < 4.78 is 5.07. The van der Waals surface area contributed by atoms with Gasteiger partial charge in [-0.3, -0.25) is 0 Å². The van der Waals surface area contributed by atoms with Gasteiger partial charge in [0.2, 0.25) is 0 Å². The van der Waals surface area contributed by atoms with E-state index in [0.717, 1.165) is 57.5 Å². The molecule has 3 aromatic heterocycles. The molecule has 0 spiro atoms. The molecule has 5 nitrogen and oxygen atoms in total. The second-order valence-electron chi connectivity index (χ2n) is 7.18. The Bertz CT molecular complexity index is 1210. The van der Waals surface area contributed by atoms with Crippen LogP contribution in [0.5, 0.6) is 0 Å². The van der Waals surface area contributed by atoms with Crippen molar-refractivity contribution in [3.05, 3.63) is 75.9 Å². The Kier molecular flexibility index (Phi) is 5.50. The maximum Gasteiger partial charge on any atom is 0.160 e. The fourth-order valence-electron chi connectivity index (χ4n) is 3.58. The second kappa shape index (κ2) is 8.22. The van der Waals surface area contributed by atoms with E-state index in [9.17, 15) is 5.26 Å². The average Bonchev–Trinajstić information content (AvgIpc) is 3.32. The Hall–Kier alpha value is -2.91. The summed E-state index contributed by atoms with van der Waals surface area (Å²) in [6.07, 6.45) is 6.94. The quantitative estimate of drug-likeness (QED) is 0.388. The molecule has 0 bridgehead atoms. The highest BCUT2D eigenvalue weighted by Crippen LogP contribution is 2.26. The molecule has 0 atom stereocenters. The van der Waals surface area contributed by atoms with Crippen molar-refractivity contribution >= 4 is 27.1 Å². The average molecular weight is 448 g/mol. The van der Waals surface area contributed by atoms with Crippen LogP contribution in [0.2, 0.25) is 0 Å². The molecule has 0 aliphatic rings. The Morgan fingerprint density at radius 1 is 1.21 bits per heavy atom. The zero-order valence-corrected chi connectivity index (χ0v) is 18.1. The van der Waals surface area contributed by atoms with Gasteiger partial charge < -0.3 is 9.13 Å². The highest BCUT2D eigenvalue weighted by atomic mass is 79.9. The lowest BCUT2D eigenvalue weighted by atomic mass is 10.2. The third-order valence-electron chi connectivity index (χ3n) is 5.14. The Morgan fingerprint density at radius 2 is 2.07 bits per heavy atom. The molecule has 29 heavy (non-hydrogen) atoms. The van der Waals surface area contributed by atoms with Crippen molar-refractivity contribution < 1.29 is 0 Å². The van der Waals surface area contributed by atoms with E-state index in [4.69, 9.17) is 4.98 Å². The SMILES string of the molecule is CCCCc1nc2c(C)ccnc2n1Cc1ccc(-n2cccc2C#N)c(Br)c1. The topological polar surface area (TPSA) is 59.4 Å². The molecule has 0 aliphatic heterocycles. The number of aromatic nitrogens is 4. The summed E-state index contributed by atoms with van der Waals surface area (Å²) in [7, 11) is 0. The third kappa shape index (κ3) is 3.70. The molecule has 1 aromatic carbocycles. The number of pyridine rings is 1. The summed E-state index contributed by atoms with van der Waals surface area (Å²) in [5, 5.41) is 9.31. The normalized spacial score (nSPS) is 11.1. The maximum atomic E-state index is 9.31. The van der Waals surface area contributed by atoms with Gasteiger partial charge >= 0.3 is 0 Å². The van der Waals surface area contributed by atoms with Gasteiger partial charge in [-0.05, 0) is 70.7 Å². The zero-order valence-electron chi connectivity index (χ0n) is 16.6. The van der Waals surface area contributed by atoms with E-state index in [1.54, 1.807) is 0 Å². The first-order valence-corrected chi connectivity index (χ1v) is 10.6. The van der Waals surface area contributed by atoms with Gasteiger partial charge in [0.15, 0.2) is 5.65 Å². The number of halogens is 1. The Morgan fingerprint density at radius 3 is 2.83 bits per heavy atom. The van der Waals surface area contributed by atoms with Gasteiger partial charge in [0.1, 0.15) is 23.1 Å². The lowest BCUT2D eigenvalue weighted by Crippen LogP contribution is -2.07. The van der Waals surface area contributed by atoms with Crippen LogP contribution in [0, 0.1) is 18.3 Å². The lowest BCUT2D eigenvalue weighted by molar-refractivity contribution is 0.686. The van der Waals surface area contributed by atoms with Crippen molar-refractivity contribution in [1.82, 2.24) is 19.1 Å². The summed E-state index contributed by atoms with van der Waals surface area (Å²) in [5.74, 6) is 1.08. The number of imidazole rings is 1. The van der Waals surface area contributed by atoms with E-state index in [-0.39, 0.29) is 0 Å².